The van der Waals surface area contributed by atoms with Crippen molar-refractivity contribution in [3.05, 3.63) is 0 Å². The number of hydrogen-bond donors (Lipinski definition) is 3. The molecule has 1 aliphatic heterocycles. The van der Waals surface area contributed by atoms with Crippen molar-refractivity contribution in [2.45, 2.75) is 33.1 Å². The number of nitrogens with two attached hydrogens (primary N) is 2. The Hall–Kier alpha value is -1.79. The molecule has 2 amide bonds. The van der Waals surface area contributed by atoms with Gasteiger partial charge in [-0.1, -0.05) is 19.0 Å². The van der Waals surface area contributed by atoms with Gasteiger partial charge in [0.25, 0.3) is 0 Å². The quantitative estimate of drug-likeness (QED) is 0.279. The SMILES string of the molecule is CCC(CC)(C(=O)N1CCC(C(N)=O)C1)C(N)=NO. The molecule has 0 aromatic carbocycles. The van der Waals surface area contributed by atoms with Crippen LogP contribution in [0.15, 0.2) is 5.16 Å². The van der Waals surface area contributed by atoms with E-state index in [0.717, 1.165) is 0 Å². The highest BCUT2D eigenvalue weighted by Crippen LogP contribution is 2.31. The maximum atomic E-state index is 12.6. The molecule has 1 saturated heterocycles. The standard InChI is InChI=1S/C12H22N4O3/c1-3-12(4-2,10(14)15-19)11(18)16-6-5-8(7-16)9(13)17/h8,19H,3-7H2,1-2H3,(H2,13,17)(H2,14,15). The van der Waals surface area contributed by atoms with Crippen molar-refractivity contribution < 1.29 is 14.8 Å². The van der Waals surface area contributed by atoms with E-state index in [0.29, 0.717) is 32.4 Å². The fourth-order valence-corrected chi connectivity index (χ4v) is 2.60. The van der Waals surface area contributed by atoms with E-state index in [4.69, 9.17) is 16.7 Å². The van der Waals surface area contributed by atoms with Gasteiger partial charge in [0, 0.05) is 13.1 Å². The fourth-order valence-electron chi connectivity index (χ4n) is 2.60. The second kappa shape index (κ2) is 5.90. The molecule has 1 atom stereocenters. The van der Waals surface area contributed by atoms with Crippen molar-refractivity contribution in [2.75, 3.05) is 13.1 Å². The molecule has 0 saturated carbocycles. The summed E-state index contributed by atoms with van der Waals surface area (Å²) >= 11 is 0. The average Bonchev–Trinajstić information content (AvgIpc) is 2.89. The Morgan fingerprint density at radius 3 is 2.32 bits per heavy atom. The third-order valence-electron chi connectivity index (χ3n) is 4.09. The molecular weight excluding hydrogens is 248 g/mol. The summed E-state index contributed by atoms with van der Waals surface area (Å²) in [6, 6.07) is 0. The van der Waals surface area contributed by atoms with E-state index < -0.39 is 11.3 Å². The number of primary amides is 1. The summed E-state index contributed by atoms with van der Waals surface area (Å²) in [4.78, 5) is 25.3. The molecule has 108 valence electrons. The minimum atomic E-state index is -0.999. The Bertz CT molecular complexity index is 390. The van der Waals surface area contributed by atoms with Crippen molar-refractivity contribution in [1.82, 2.24) is 4.90 Å². The Morgan fingerprint density at radius 1 is 1.37 bits per heavy atom. The molecule has 1 unspecified atom stereocenters. The van der Waals surface area contributed by atoms with Gasteiger partial charge in [-0.3, -0.25) is 9.59 Å². The summed E-state index contributed by atoms with van der Waals surface area (Å²) in [6.07, 6.45) is 1.45. The number of oxime groups is 1. The van der Waals surface area contributed by atoms with Crippen LogP contribution >= 0.6 is 0 Å². The van der Waals surface area contributed by atoms with Gasteiger partial charge in [0.15, 0.2) is 5.84 Å². The number of amides is 2. The molecule has 7 nitrogen and oxygen atoms in total. The molecule has 7 heteroatoms. The minimum Gasteiger partial charge on any atom is -0.409 e. The summed E-state index contributed by atoms with van der Waals surface area (Å²) < 4.78 is 0. The molecule has 1 fully saturated rings. The lowest BCUT2D eigenvalue weighted by Crippen LogP contribution is -2.50. The fraction of sp³-hybridized carbons (Fsp3) is 0.750. The Balaban J connectivity index is 2.94. The second-order valence-corrected chi connectivity index (χ2v) is 4.91. The molecule has 0 aromatic rings. The molecule has 1 rings (SSSR count). The van der Waals surface area contributed by atoms with Crippen molar-refractivity contribution >= 4 is 17.6 Å². The van der Waals surface area contributed by atoms with Crippen molar-refractivity contribution in [3.63, 3.8) is 0 Å². The van der Waals surface area contributed by atoms with Crippen LogP contribution in [-0.2, 0) is 9.59 Å². The smallest absolute Gasteiger partial charge is 0.236 e. The maximum absolute atomic E-state index is 12.6. The number of amidine groups is 1. The molecule has 5 N–H and O–H groups in total. The first-order chi connectivity index (χ1) is 8.92. The molecule has 1 aliphatic rings. The molecular formula is C12H22N4O3. The summed E-state index contributed by atoms with van der Waals surface area (Å²) in [5.74, 6) is -0.970. The average molecular weight is 270 g/mol. The molecule has 1 heterocycles. The Kier molecular flexibility index (Phi) is 4.74. The number of hydrogen-bond acceptors (Lipinski definition) is 4. The number of nitrogens with zero attached hydrogens (tertiary/aromatic N) is 2. The van der Waals surface area contributed by atoms with Crippen molar-refractivity contribution in [3.8, 4) is 0 Å². The third-order valence-corrected chi connectivity index (χ3v) is 4.09. The van der Waals surface area contributed by atoms with Gasteiger partial charge in [-0.25, -0.2) is 0 Å². The van der Waals surface area contributed by atoms with Gasteiger partial charge >= 0.3 is 0 Å². The maximum Gasteiger partial charge on any atom is 0.236 e. The minimum absolute atomic E-state index is 0.0787. The summed E-state index contributed by atoms with van der Waals surface area (Å²) in [5.41, 5.74) is 9.95. The van der Waals surface area contributed by atoms with E-state index in [1.807, 2.05) is 13.8 Å². The highest BCUT2D eigenvalue weighted by molar-refractivity contribution is 6.06. The number of carbonyl (C=O) groups is 2. The van der Waals surface area contributed by atoms with E-state index in [1.165, 1.54) is 0 Å². The summed E-state index contributed by atoms with van der Waals surface area (Å²) in [7, 11) is 0. The molecule has 0 bridgehead atoms. The lowest BCUT2D eigenvalue weighted by atomic mass is 9.79. The van der Waals surface area contributed by atoms with Gasteiger partial charge in [-0.05, 0) is 19.3 Å². The van der Waals surface area contributed by atoms with Crippen LogP contribution in [0.5, 0.6) is 0 Å². The highest BCUT2D eigenvalue weighted by Gasteiger charge is 2.44. The van der Waals surface area contributed by atoms with Gasteiger partial charge in [0.1, 0.15) is 5.41 Å². The van der Waals surface area contributed by atoms with Crippen LogP contribution in [0.1, 0.15) is 33.1 Å². The first-order valence-electron chi connectivity index (χ1n) is 6.49. The lowest BCUT2D eigenvalue weighted by Gasteiger charge is -2.33. The van der Waals surface area contributed by atoms with E-state index >= 15 is 0 Å². The van der Waals surface area contributed by atoms with E-state index in [-0.39, 0.29) is 17.7 Å². The van der Waals surface area contributed by atoms with Gasteiger partial charge < -0.3 is 21.6 Å². The van der Waals surface area contributed by atoms with Crippen LogP contribution in [0.2, 0.25) is 0 Å². The van der Waals surface area contributed by atoms with Gasteiger partial charge in [0.2, 0.25) is 11.8 Å². The largest absolute Gasteiger partial charge is 0.409 e. The predicted octanol–water partition coefficient (Wildman–Crippen LogP) is -0.127. The monoisotopic (exact) mass is 270 g/mol. The molecule has 0 radical (unpaired) electrons. The molecule has 19 heavy (non-hydrogen) atoms. The normalized spacial score (nSPS) is 20.6. The van der Waals surface area contributed by atoms with Gasteiger partial charge in [-0.15, -0.1) is 0 Å². The van der Waals surface area contributed by atoms with Crippen LogP contribution < -0.4 is 11.5 Å². The summed E-state index contributed by atoms with van der Waals surface area (Å²) in [5, 5.41) is 11.9. The Morgan fingerprint density at radius 2 is 1.95 bits per heavy atom. The van der Waals surface area contributed by atoms with Crippen LogP contribution in [0.25, 0.3) is 0 Å². The lowest BCUT2D eigenvalue weighted by molar-refractivity contribution is -0.138. The molecule has 0 aromatic heterocycles. The zero-order chi connectivity index (χ0) is 14.6. The number of rotatable bonds is 5. The number of likely N-dealkylation sites (tertiary alicyclic amines) is 1. The van der Waals surface area contributed by atoms with Crippen LogP contribution in [-0.4, -0.2) is 40.8 Å². The van der Waals surface area contributed by atoms with E-state index in [2.05, 4.69) is 5.16 Å². The van der Waals surface area contributed by atoms with Crippen LogP contribution in [0.4, 0.5) is 0 Å². The molecule has 0 aliphatic carbocycles. The first kappa shape index (κ1) is 15.3. The van der Waals surface area contributed by atoms with E-state index in [1.54, 1.807) is 4.90 Å². The Labute approximate surface area is 112 Å². The third kappa shape index (κ3) is 2.64. The van der Waals surface area contributed by atoms with Crippen molar-refractivity contribution in [1.29, 1.82) is 0 Å². The zero-order valence-corrected chi connectivity index (χ0v) is 11.4. The van der Waals surface area contributed by atoms with E-state index in [9.17, 15) is 9.59 Å². The van der Waals surface area contributed by atoms with Gasteiger partial charge in [-0.2, -0.15) is 0 Å². The zero-order valence-electron chi connectivity index (χ0n) is 11.4. The topological polar surface area (TPSA) is 122 Å². The highest BCUT2D eigenvalue weighted by atomic mass is 16.4. The second-order valence-electron chi connectivity index (χ2n) is 4.91. The number of carbonyl (C=O) groups excluding carboxylic acids is 2. The molecule has 0 spiro atoms. The van der Waals surface area contributed by atoms with Gasteiger partial charge in [0.05, 0.1) is 5.92 Å². The predicted molar refractivity (Wildman–Crippen MR) is 70.3 cm³/mol. The summed E-state index contributed by atoms with van der Waals surface area (Å²) in [6.45, 7) is 4.43. The van der Waals surface area contributed by atoms with Crippen LogP contribution in [0, 0.1) is 11.3 Å². The van der Waals surface area contributed by atoms with Crippen molar-refractivity contribution in [2.24, 2.45) is 28.0 Å². The first-order valence-corrected chi connectivity index (χ1v) is 6.49. The van der Waals surface area contributed by atoms with Crippen LogP contribution in [0.3, 0.4) is 0 Å².